The molecule has 0 atom stereocenters. The van der Waals surface area contributed by atoms with Gasteiger partial charge in [-0.3, -0.25) is 0 Å². The highest BCUT2D eigenvalue weighted by atomic mass is 16.5. The van der Waals surface area contributed by atoms with Gasteiger partial charge in [-0.25, -0.2) is 0 Å². The Morgan fingerprint density at radius 2 is 1.79 bits per heavy atom. The van der Waals surface area contributed by atoms with E-state index < -0.39 is 5.60 Å². The van der Waals surface area contributed by atoms with E-state index in [9.17, 15) is 5.11 Å². The van der Waals surface area contributed by atoms with Crippen molar-refractivity contribution in [2.75, 3.05) is 13.2 Å². The zero-order chi connectivity index (χ0) is 11.2. The van der Waals surface area contributed by atoms with Gasteiger partial charge in [-0.1, -0.05) is 44.7 Å². The van der Waals surface area contributed by atoms with Gasteiger partial charge in [0.15, 0.2) is 0 Å². The van der Waals surface area contributed by atoms with Gasteiger partial charge in [0.05, 0.1) is 13.2 Å². The Labute approximate surface area is 86.6 Å². The topological polar surface area (TPSA) is 29.5 Å². The molecule has 1 fully saturated rings. The van der Waals surface area contributed by atoms with Crippen LogP contribution in [0.2, 0.25) is 0 Å². The van der Waals surface area contributed by atoms with E-state index in [0.29, 0.717) is 18.8 Å². The maximum atomic E-state index is 9.69. The molecule has 1 heterocycles. The third-order valence-corrected chi connectivity index (χ3v) is 1.85. The van der Waals surface area contributed by atoms with Crippen molar-refractivity contribution >= 4 is 0 Å². The molecule has 14 heavy (non-hydrogen) atoms. The van der Waals surface area contributed by atoms with Crippen molar-refractivity contribution < 1.29 is 9.84 Å². The van der Waals surface area contributed by atoms with Gasteiger partial charge in [0.2, 0.25) is 0 Å². The Balaban J connectivity index is 0.000000791. The minimum Gasteiger partial charge on any atom is -0.380 e. The van der Waals surface area contributed by atoms with Crippen molar-refractivity contribution in [3.8, 4) is 0 Å². The first-order valence-corrected chi connectivity index (χ1v) is 4.88. The van der Waals surface area contributed by atoms with Gasteiger partial charge in [-0.2, -0.15) is 0 Å². The van der Waals surface area contributed by atoms with Crippen LogP contribution in [0, 0.1) is 0 Å². The van der Waals surface area contributed by atoms with Crippen LogP contribution >= 0.6 is 0 Å². The van der Waals surface area contributed by atoms with Gasteiger partial charge < -0.3 is 9.84 Å². The standard InChI is InChI=1S/C10H14O2.C2H6/c1-8(2)4-5-9(3)10(11)6-12-7-10;1-2/h4-5,11H,1,3,6-7H2,2H3;1-2H3/b5-4-;. The molecule has 80 valence electrons. The fourth-order valence-electron chi connectivity index (χ4n) is 0.879. The average Bonchev–Trinajstić information content (AvgIpc) is 2.13. The molecule has 0 amide bonds. The van der Waals surface area contributed by atoms with Gasteiger partial charge in [-0.05, 0) is 12.5 Å². The molecule has 0 radical (unpaired) electrons. The molecule has 2 heteroatoms. The van der Waals surface area contributed by atoms with Crippen molar-refractivity contribution in [1.29, 1.82) is 0 Å². The Morgan fingerprint density at radius 1 is 1.29 bits per heavy atom. The molecule has 1 saturated heterocycles. The highest BCUT2D eigenvalue weighted by molar-refractivity contribution is 5.31. The highest BCUT2D eigenvalue weighted by Crippen LogP contribution is 2.25. The summed E-state index contributed by atoms with van der Waals surface area (Å²) in [6, 6.07) is 0. The first-order chi connectivity index (χ1) is 6.54. The lowest BCUT2D eigenvalue weighted by Crippen LogP contribution is -2.50. The molecule has 0 bridgehead atoms. The monoisotopic (exact) mass is 196 g/mol. The van der Waals surface area contributed by atoms with Crippen LogP contribution in [0.25, 0.3) is 0 Å². The Morgan fingerprint density at radius 3 is 2.07 bits per heavy atom. The SMILES string of the molecule is C=C(C)/C=C\C(=C)C1(O)COC1.CC. The van der Waals surface area contributed by atoms with Gasteiger partial charge in [-0.15, -0.1) is 0 Å². The van der Waals surface area contributed by atoms with E-state index in [1.54, 1.807) is 6.08 Å². The summed E-state index contributed by atoms with van der Waals surface area (Å²) in [5.74, 6) is 0. The molecule has 1 aliphatic heterocycles. The van der Waals surface area contributed by atoms with Crippen LogP contribution in [0.1, 0.15) is 20.8 Å². The zero-order valence-electron chi connectivity index (χ0n) is 9.34. The zero-order valence-corrected chi connectivity index (χ0v) is 9.34. The van der Waals surface area contributed by atoms with Crippen molar-refractivity contribution in [1.82, 2.24) is 0 Å². The van der Waals surface area contributed by atoms with Crippen molar-refractivity contribution in [3.63, 3.8) is 0 Å². The molecule has 1 rings (SSSR count). The molecule has 0 saturated carbocycles. The maximum Gasteiger partial charge on any atom is 0.135 e. The Kier molecular flexibility index (Phi) is 5.43. The molecular weight excluding hydrogens is 176 g/mol. The smallest absolute Gasteiger partial charge is 0.135 e. The van der Waals surface area contributed by atoms with E-state index in [1.807, 2.05) is 26.8 Å². The summed E-state index contributed by atoms with van der Waals surface area (Å²) in [6.45, 7) is 14.1. The molecule has 0 aromatic rings. The van der Waals surface area contributed by atoms with Crippen LogP contribution in [-0.4, -0.2) is 23.9 Å². The first-order valence-electron chi connectivity index (χ1n) is 4.88. The molecule has 0 aromatic carbocycles. The van der Waals surface area contributed by atoms with Crippen LogP contribution < -0.4 is 0 Å². The minimum atomic E-state index is -0.827. The van der Waals surface area contributed by atoms with Gasteiger partial charge in [0.1, 0.15) is 5.60 Å². The van der Waals surface area contributed by atoms with E-state index in [0.717, 1.165) is 5.57 Å². The fourth-order valence-corrected chi connectivity index (χ4v) is 0.879. The summed E-state index contributed by atoms with van der Waals surface area (Å²) in [7, 11) is 0. The van der Waals surface area contributed by atoms with Crippen molar-refractivity contribution in [2.45, 2.75) is 26.4 Å². The highest BCUT2D eigenvalue weighted by Gasteiger charge is 2.37. The van der Waals surface area contributed by atoms with Crippen molar-refractivity contribution in [2.24, 2.45) is 0 Å². The molecule has 1 aliphatic rings. The van der Waals surface area contributed by atoms with Crippen LogP contribution in [0.3, 0.4) is 0 Å². The summed E-state index contributed by atoms with van der Waals surface area (Å²) in [4.78, 5) is 0. The van der Waals surface area contributed by atoms with E-state index in [-0.39, 0.29) is 0 Å². The van der Waals surface area contributed by atoms with E-state index in [1.165, 1.54) is 0 Å². The largest absolute Gasteiger partial charge is 0.380 e. The number of hydrogen-bond acceptors (Lipinski definition) is 2. The summed E-state index contributed by atoms with van der Waals surface area (Å²) < 4.78 is 4.90. The summed E-state index contributed by atoms with van der Waals surface area (Å²) >= 11 is 0. The van der Waals surface area contributed by atoms with E-state index >= 15 is 0 Å². The van der Waals surface area contributed by atoms with Gasteiger partial charge in [0, 0.05) is 0 Å². The minimum absolute atomic E-state index is 0.354. The molecule has 0 aromatic heterocycles. The third-order valence-electron chi connectivity index (χ3n) is 1.85. The second kappa shape index (κ2) is 5.78. The van der Waals surface area contributed by atoms with E-state index in [2.05, 4.69) is 13.2 Å². The lowest BCUT2D eigenvalue weighted by atomic mass is 9.92. The summed E-state index contributed by atoms with van der Waals surface area (Å²) in [5.41, 5.74) is 0.808. The van der Waals surface area contributed by atoms with Crippen LogP contribution in [-0.2, 0) is 4.74 Å². The van der Waals surface area contributed by atoms with Crippen molar-refractivity contribution in [3.05, 3.63) is 36.5 Å². The Bertz CT molecular complexity index is 235. The van der Waals surface area contributed by atoms with Gasteiger partial charge in [0.25, 0.3) is 0 Å². The predicted octanol–water partition coefficient (Wildman–Crippen LogP) is 2.46. The normalized spacial score (nSPS) is 18.0. The third kappa shape index (κ3) is 3.48. The van der Waals surface area contributed by atoms with Crippen LogP contribution in [0.4, 0.5) is 0 Å². The molecule has 0 spiro atoms. The van der Waals surface area contributed by atoms with Crippen LogP contribution in [0.5, 0.6) is 0 Å². The summed E-state index contributed by atoms with van der Waals surface area (Å²) in [6.07, 6.45) is 3.61. The number of allylic oxidation sites excluding steroid dienone is 2. The molecule has 0 aliphatic carbocycles. The van der Waals surface area contributed by atoms with E-state index in [4.69, 9.17) is 4.74 Å². The Hall–Kier alpha value is -0.860. The fraction of sp³-hybridized carbons (Fsp3) is 0.500. The quantitative estimate of drug-likeness (QED) is 0.703. The molecule has 1 N–H and O–H groups in total. The molecular formula is C12H20O2. The lowest BCUT2D eigenvalue weighted by molar-refractivity contribution is -0.152. The second-order valence-electron chi connectivity index (χ2n) is 3.23. The first kappa shape index (κ1) is 13.1. The number of ether oxygens (including phenoxy) is 1. The van der Waals surface area contributed by atoms with Crippen LogP contribution in [0.15, 0.2) is 36.5 Å². The summed E-state index contributed by atoms with van der Waals surface area (Å²) in [5, 5.41) is 9.69. The second-order valence-corrected chi connectivity index (χ2v) is 3.23. The average molecular weight is 196 g/mol. The lowest BCUT2D eigenvalue weighted by Gasteiger charge is -2.36. The van der Waals surface area contributed by atoms with Gasteiger partial charge >= 0.3 is 0 Å². The predicted molar refractivity (Wildman–Crippen MR) is 60.2 cm³/mol. The molecule has 2 nitrogen and oxygen atoms in total. The number of aliphatic hydroxyl groups is 1. The number of rotatable bonds is 3. The maximum absolute atomic E-state index is 9.69. The number of hydrogen-bond donors (Lipinski definition) is 1. The molecule has 0 unspecified atom stereocenters.